The minimum Gasteiger partial charge on any atom is -0.387 e. The molecule has 3 atom stereocenters. The average Bonchev–Trinajstić information content (AvgIpc) is 2.72. The summed E-state index contributed by atoms with van der Waals surface area (Å²) in [5.41, 5.74) is -1.82. The SMILES string of the molecule is CCCCCCCCC=CCCCCCCCCC[C@]1(O)C(=O)C=C[C@H](O)[C@H]1O. The first-order valence-electron chi connectivity index (χ1n) is 12.0. The van der Waals surface area contributed by atoms with Crippen molar-refractivity contribution in [2.24, 2.45) is 0 Å². The maximum absolute atomic E-state index is 11.9. The molecule has 0 heterocycles. The summed E-state index contributed by atoms with van der Waals surface area (Å²) in [4.78, 5) is 11.9. The fraction of sp³-hybridized carbons (Fsp3) is 0.800. The van der Waals surface area contributed by atoms with E-state index in [1.54, 1.807) is 0 Å². The Kier molecular flexibility index (Phi) is 14.2. The molecular formula is C25H44O4. The van der Waals surface area contributed by atoms with Gasteiger partial charge in [0.05, 0.1) is 0 Å². The summed E-state index contributed by atoms with van der Waals surface area (Å²) in [5, 5.41) is 29.9. The minimum atomic E-state index is -1.82. The van der Waals surface area contributed by atoms with E-state index in [1.165, 1.54) is 89.2 Å². The third-order valence-corrected chi connectivity index (χ3v) is 6.00. The van der Waals surface area contributed by atoms with E-state index in [0.717, 1.165) is 12.8 Å². The van der Waals surface area contributed by atoms with E-state index in [1.807, 2.05) is 0 Å². The van der Waals surface area contributed by atoms with Gasteiger partial charge in [-0.1, -0.05) is 89.7 Å². The van der Waals surface area contributed by atoms with Crippen LogP contribution in [0.2, 0.25) is 0 Å². The van der Waals surface area contributed by atoms with Crippen molar-refractivity contribution in [3.63, 3.8) is 0 Å². The number of unbranched alkanes of at least 4 members (excludes halogenated alkanes) is 13. The van der Waals surface area contributed by atoms with Gasteiger partial charge in [0.25, 0.3) is 0 Å². The van der Waals surface area contributed by atoms with Gasteiger partial charge in [-0.3, -0.25) is 4.79 Å². The average molecular weight is 409 g/mol. The van der Waals surface area contributed by atoms with Crippen LogP contribution >= 0.6 is 0 Å². The van der Waals surface area contributed by atoms with Gasteiger partial charge in [-0.05, 0) is 44.3 Å². The fourth-order valence-electron chi connectivity index (χ4n) is 3.95. The number of ketones is 1. The molecule has 0 fully saturated rings. The smallest absolute Gasteiger partial charge is 0.189 e. The molecule has 1 aliphatic carbocycles. The van der Waals surface area contributed by atoms with Crippen LogP contribution in [0.25, 0.3) is 0 Å². The van der Waals surface area contributed by atoms with Crippen molar-refractivity contribution in [1.29, 1.82) is 0 Å². The topological polar surface area (TPSA) is 77.8 Å². The molecule has 0 aromatic carbocycles. The molecule has 1 rings (SSSR count). The molecule has 4 nitrogen and oxygen atoms in total. The van der Waals surface area contributed by atoms with Gasteiger partial charge in [-0.2, -0.15) is 0 Å². The molecule has 29 heavy (non-hydrogen) atoms. The monoisotopic (exact) mass is 408 g/mol. The van der Waals surface area contributed by atoms with Crippen LogP contribution in [-0.2, 0) is 4.79 Å². The number of carbonyl (C=O) groups is 1. The zero-order valence-corrected chi connectivity index (χ0v) is 18.5. The van der Waals surface area contributed by atoms with Gasteiger partial charge in [0.2, 0.25) is 0 Å². The predicted molar refractivity (Wildman–Crippen MR) is 120 cm³/mol. The quantitative estimate of drug-likeness (QED) is 0.222. The van der Waals surface area contributed by atoms with E-state index in [0.29, 0.717) is 6.42 Å². The zero-order chi connectivity index (χ0) is 21.4. The second kappa shape index (κ2) is 15.8. The third-order valence-electron chi connectivity index (χ3n) is 6.00. The van der Waals surface area contributed by atoms with Gasteiger partial charge < -0.3 is 15.3 Å². The highest BCUT2D eigenvalue weighted by Crippen LogP contribution is 2.27. The van der Waals surface area contributed by atoms with Crippen LogP contribution in [0.4, 0.5) is 0 Å². The normalized spacial score (nSPS) is 24.6. The van der Waals surface area contributed by atoms with Crippen LogP contribution in [0.1, 0.15) is 110 Å². The van der Waals surface area contributed by atoms with Crippen LogP contribution in [-0.4, -0.2) is 38.9 Å². The summed E-state index contributed by atoms with van der Waals surface area (Å²) >= 11 is 0. The molecule has 0 bridgehead atoms. The first-order valence-corrected chi connectivity index (χ1v) is 12.0. The Morgan fingerprint density at radius 1 is 0.828 bits per heavy atom. The number of rotatable bonds is 17. The van der Waals surface area contributed by atoms with Crippen molar-refractivity contribution < 1.29 is 20.1 Å². The summed E-state index contributed by atoms with van der Waals surface area (Å²) in [6.45, 7) is 2.26. The lowest BCUT2D eigenvalue weighted by molar-refractivity contribution is -0.158. The summed E-state index contributed by atoms with van der Waals surface area (Å²) in [6, 6.07) is 0. The highest BCUT2D eigenvalue weighted by atomic mass is 16.4. The number of aliphatic hydroxyl groups excluding tert-OH is 2. The highest BCUT2D eigenvalue weighted by molar-refractivity contribution is 5.98. The van der Waals surface area contributed by atoms with Gasteiger partial charge in [0.1, 0.15) is 12.2 Å². The Morgan fingerprint density at radius 3 is 1.86 bits per heavy atom. The molecule has 0 radical (unpaired) electrons. The first kappa shape index (κ1) is 26.1. The lowest BCUT2D eigenvalue weighted by Gasteiger charge is -2.35. The highest BCUT2D eigenvalue weighted by Gasteiger charge is 2.46. The fourth-order valence-corrected chi connectivity index (χ4v) is 3.95. The number of aliphatic hydroxyl groups is 3. The molecule has 0 unspecified atom stereocenters. The second-order valence-corrected chi connectivity index (χ2v) is 8.62. The van der Waals surface area contributed by atoms with E-state index < -0.39 is 23.6 Å². The lowest BCUT2D eigenvalue weighted by atomic mass is 9.80. The molecule has 3 N–H and O–H groups in total. The number of allylic oxidation sites excluding steroid dienone is 2. The van der Waals surface area contributed by atoms with Crippen molar-refractivity contribution in [2.75, 3.05) is 0 Å². The maximum atomic E-state index is 11.9. The third kappa shape index (κ3) is 10.6. The number of hydrogen-bond donors (Lipinski definition) is 3. The van der Waals surface area contributed by atoms with Gasteiger partial charge in [-0.15, -0.1) is 0 Å². The molecule has 1 aliphatic rings. The van der Waals surface area contributed by atoms with E-state index in [2.05, 4.69) is 19.1 Å². The van der Waals surface area contributed by atoms with Gasteiger partial charge in [-0.25, -0.2) is 0 Å². The Hall–Kier alpha value is -0.970. The van der Waals surface area contributed by atoms with Crippen molar-refractivity contribution in [3.8, 4) is 0 Å². The van der Waals surface area contributed by atoms with Crippen LogP contribution < -0.4 is 0 Å². The van der Waals surface area contributed by atoms with Crippen molar-refractivity contribution in [3.05, 3.63) is 24.3 Å². The largest absolute Gasteiger partial charge is 0.387 e. The molecule has 0 saturated heterocycles. The van der Waals surface area contributed by atoms with E-state index in [-0.39, 0.29) is 6.42 Å². The van der Waals surface area contributed by atoms with Gasteiger partial charge >= 0.3 is 0 Å². The zero-order valence-electron chi connectivity index (χ0n) is 18.5. The van der Waals surface area contributed by atoms with Crippen molar-refractivity contribution >= 4 is 5.78 Å². The van der Waals surface area contributed by atoms with Crippen LogP contribution in [0.15, 0.2) is 24.3 Å². The lowest BCUT2D eigenvalue weighted by Crippen LogP contribution is -2.56. The standard InChI is InChI=1S/C25H44O4/c1-2-3-4-5-6-7-8-9-10-11-12-13-14-15-16-17-18-21-25(29)23(27)20-19-22(26)24(25)28/h9-10,19-20,22,24,26,28-29H,2-8,11-18,21H2,1H3/t22-,24+,25-/m0/s1. The Morgan fingerprint density at radius 2 is 1.31 bits per heavy atom. The molecule has 0 aromatic rings. The summed E-state index contributed by atoms with van der Waals surface area (Å²) < 4.78 is 0. The molecule has 0 spiro atoms. The molecule has 0 amide bonds. The minimum absolute atomic E-state index is 0.206. The molecule has 4 heteroatoms. The van der Waals surface area contributed by atoms with Crippen molar-refractivity contribution in [2.45, 2.75) is 127 Å². The second-order valence-electron chi connectivity index (χ2n) is 8.62. The Balaban J connectivity index is 1.92. The molecular weight excluding hydrogens is 364 g/mol. The Labute approximate surface area is 178 Å². The van der Waals surface area contributed by atoms with E-state index in [4.69, 9.17) is 0 Å². The molecule has 168 valence electrons. The molecule has 0 aromatic heterocycles. The predicted octanol–water partition coefficient (Wildman–Crippen LogP) is 5.40. The van der Waals surface area contributed by atoms with Crippen LogP contribution in [0, 0.1) is 0 Å². The number of carbonyl (C=O) groups excluding carboxylic acids is 1. The Bertz CT molecular complexity index is 485. The van der Waals surface area contributed by atoms with Crippen molar-refractivity contribution in [1.82, 2.24) is 0 Å². The maximum Gasteiger partial charge on any atom is 0.189 e. The number of hydrogen-bond acceptors (Lipinski definition) is 4. The summed E-state index contributed by atoms with van der Waals surface area (Å²) in [7, 11) is 0. The molecule has 0 aliphatic heterocycles. The summed E-state index contributed by atoms with van der Waals surface area (Å²) in [5.74, 6) is -0.500. The summed E-state index contributed by atoms with van der Waals surface area (Å²) in [6.07, 6.45) is 22.9. The van der Waals surface area contributed by atoms with Gasteiger partial charge in [0.15, 0.2) is 11.4 Å². The first-order chi connectivity index (χ1) is 14.0. The van der Waals surface area contributed by atoms with Crippen LogP contribution in [0.3, 0.4) is 0 Å². The van der Waals surface area contributed by atoms with Crippen LogP contribution in [0.5, 0.6) is 0 Å². The van der Waals surface area contributed by atoms with E-state index >= 15 is 0 Å². The molecule has 0 saturated carbocycles. The van der Waals surface area contributed by atoms with Gasteiger partial charge in [0, 0.05) is 0 Å². The van der Waals surface area contributed by atoms with E-state index in [9.17, 15) is 20.1 Å².